The number of hydrogen-bond acceptors (Lipinski definition) is 3. The summed E-state index contributed by atoms with van der Waals surface area (Å²) in [5.41, 5.74) is 5.24. The van der Waals surface area contributed by atoms with Gasteiger partial charge >= 0.3 is 6.09 Å². The lowest BCUT2D eigenvalue weighted by Gasteiger charge is -2.14. The molecule has 2 aromatic carbocycles. The summed E-state index contributed by atoms with van der Waals surface area (Å²) in [5.74, 6) is 5.36. The Hall–Kier alpha value is -3.65. The zero-order chi connectivity index (χ0) is 20.1. The number of nitrogens with one attached hydrogen (secondary N) is 1. The number of carbonyl (C=O) groups is 1. The molecule has 0 spiro atoms. The molecule has 0 aliphatic heterocycles. The van der Waals surface area contributed by atoms with Crippen LogP contribution in [-0.4, -0.2) is 24.2 Å². The molecule has 0 saturated heterocycles. The molecule has 1 amide bonds. The molecule has 3 aromatic rings. The highest BCUT2D eigenvalue weighted by molar-refractivity contribution is 5.79. The van der Waals surface area contributed by atoms with Crippen LogP contribution in [0.2, 0.25) is 0 Å². The van der Waals surface area contributed by atoms with E-state index in [-0.39, 0.29) is 12.5 Å². The largest absolute Gasteiger partial charge is 0.449 e. The van der Waals surface area contributed by atoms with Gasteiger partial charge in [0, 0.05) is 18.9 Å². The van der Waals surface area contributed by atoms with E-state index in [4.69, 9.17) is 4.74 Å². The molecule has 1 aromatic heterocycles. The molecule has 1 aliphatic rings. The molecule has 0 atom stereocenters. The zero-order valence-electron chi connectivity index (χ0n) is 15.7. The van der Waals surface area contributed by atoms with Crippen LogP contribution >= 0.6 is 0 Å². The molecule has 0 bridgehead atoms. The minimum absolute atomic E-state index is 0.0393. The van der Waals surface area contributed by atoms with Gasteiger partial charge in [0.15, 0.2) is 0 Å². The minimum atomic E-state index is -0.464. The van der Waals surface area contributed by atoms with E-state index in [2.05, 4.69) is 46.4 Å². The first kappa shape index (κ1) is 18.7. The molecule has 4 nitrogen and oxygen atoms in total. The number of pyridine rings is 1. The predicted octanol–water partition coefficient (Wildman–Crippen LogP) is 4.50. The lowest BCUT2D eigenvalue weighted by atomic mass is 9.98. The van der Waals surface area contributed by atoms with Crippen molar-refractivity contribution < 1.29 is 13.9 Å². The van der Waals surface area contributed by atoms with E-state index in [0.29, 0.717) is 18.7 Å². The van der Waals surface area contributed by atoms with Gasteiger partial charge in [-0.05, 0) is 40.3 Å². The number of ether oxygens (including phenoxy) is 1. The predicted molar refractivity (Wildman–Crippen MR) is 109 cm³/mol. The Morgan fingerprint density at radius 1 is 1.03 bits per heavy atom. The van der Waals surface area contributed by atoms with Gasteiger partial charge in [0.05, 0.1) is 6.20 Å². The Bertz CT molecular complexity index is 1040. The maximum atomic E-state index is 12.8. The monoisotopic (exact) mass is 386 g/mol. The van der Waals surface area contributed by atoms with E-state index < -0.39 is 11.9 Å². The van der Waals surface area contributed by atoms with Crippen LogP contribution in [0.25, 0.3) is 11.1 Å². The average molecular weight is 386 g/mol. The molecule has 0 radical (unpaired) electrons. The van der Waals surface area contributed by atoms with E-state index in [1.54, 1.807) is 0 Å². The summed E-state index contributed by atoms with van der Waals surface area (Å²) in [6.45, 7) is 0.649. The number of rotatable bonds is 4. The third-order valence-corrected chi connectivity index (χ3v) is 4.81. The second kappa shape index (κ2) is 8.57. The van der Waals surface area contributed by atoms with E-state index in [1.807, 2.05) is 24.3 Å². The zero-order valence-corrected chi connectivity index (χ0v) is 15.7. The van der Waals surface area contributed by atoms with Crippen LogP contribution in [0.15, 0.2) is 66.9 Å². The van der Waals surface area contributed by atoms with Crippen LogP contribution in [-0.2, 0) is 4.74 Å². The van der Waals surface area contributed by atoms with Crippen molar-refractivity contribution in [3.63, 3.8) is 0 Å². The van der Waals surface area contributed by atoms with E-state index >= 15 is 0 Å². The van der Waals surface area contributed by atoms with Crippen molar-refractivity contribution in [1.82, 2.24) is 10.3 Å². The summed E-state index contributed by atoms with van der Waals surface area (Å²) >= 11 is 0. The van der Waals surface area contributed by atoms with Gasteiger partial charge in [-0.1, -0.05) is 54.5 Å². The third-order valence-electron chi connectivity index (χ3n) is 4.81. The first-order valence-electron chi connectivity index (χ1n) is 9.41. The number of nitrogens with zero attached hydrogens (tertiary/aromatic N) is 1. The van der Waals surface area contributed by atoms with Crippen LogP contribution in [0.4, 0.5) is 9.18 Å². The SMILES string of the molecule is O=C(NCCC#Cc1ccc(F)cn1)OCC1c2ccccc2-c2ccccc21. The molecule has 5 heteroatoms. The summed E-state index contributed by atoms with van der Waals surface area (Å²) in [6, 6.07) is 19.3. The summed E-state index contributed by atoms with van der Waals surface area (Å²) in [5, 5.41) is 2.71. The topological polar surface area (TPSA) is 51.2 Å². The molecule has 144 valence electrons. The van der Waals surface area contributed by atoms with Crippen molar-refractivity contribution in [2.24, 2.45) is 0 Å². The normalized spacial score (nSPS) is 11.8. The van der Waals surface area contributed by atoms with Crippen LogP contribution < -0.4 is 5.32 Å². The Morgan fingerprint density at radius 2 is 1.72 bits per heavy atom. The van der Waals surface area contributed by atoms with Gasteiger partial charge in [-0.25, -0.2) is 14.2 Å². The average Bonchev–Trinajstić information content (AvgIpc) is 3.07. The Balaban J connectivity index is 1.29. The number of halogens is 1. The lowest BCUT2D eigenvalue weighted by Crippen LogP contribution is -2.26. The van der Waals surface area contributed by atoms with Crippen LogP contribution in [0.5, 0.6) is 0 Å². The Labute approximate surface area is 168 Å². The van der Waals surface area contributed by atoms with E-state index in [9.17, 15) is 9.18 Å². The van der Waals surface area contributed by atoms with Crippen molar-refractivity contribution in [1.29, 1.82) is 0 Å². The van der Waals surface area contributed by atoms with Crippen molar-refractivity contribution in [3.8, 4) is 23.0 Å². The van der Waals surface area contributed by atoms with Gasteiger partial charge in [-0.3, -0.25) is 0 Å². The van der Waals surface area contributed by atoms with Crippen LogP contribution in [0, 0.1) is 17.7 Å². The molecule has 1 heterocycles. The van der Waals surface area contributed by atoms with Crippen molar-refractivity contribution >= 4 is 6.09 Å². The highest BCUT2D eigenvalue weighted by Gasteiger charge is 2.28. The van der Waals surface area contributed by atoms with Crippen LogP contribution in [0.3, 0.4) is 0 Å². The molecule has 0 unspecified atom stereocenters. The Morgan fingerprint density at radius 3 is 2.38 bits per heavy atom. The van der Waals surface area contributed by atoms with Gasteiger partial charge in [0.2, 0.25) is 0 Å². The molecule has 1 aliphatic carbocycles. The second-order valence-corrected chi connectivity index (χ2v) is 6.67. The standard InChI is InChI=1S/C24H19FN2O2/c25-17-12-13-18(27-15-17)7-5-6-14-26-24(28)29-16-23-21-10-3-1-8-19(21)20-9-2-4-11-22(20)23/h1-4,8-13,15,23H,6,14,16H2,(H,26,28). The first-order valence-corrected chi connectivity index (χ1v) is 9.41. The molecular formula is C24H19FN2O2. The maximum absolute atomic E-state index is 12.8. The van der Waals surface area contributed by atoms with E-state index in [0.717, 1.165) is 6.20 Å². The molecule has 1 N–H and O–H groups in total. The number of aromatic nitrogens is 1. The van der Waals surface area contributed by atoms with Gasteiger partial charge in [-0.15, -0.1) is 0 Å². The second-order valence-electron chi connectivity index (χ2n) is 6.67. The summed E-state index contributed by atoms with van der Waals surface area (Å²) in [7, 11) is 0. The lowest BCUT2D eigenvalue weighted by molar-refractivity contribution is 0.143. The number of fused-ring (bicyclic) bond motifs is 3. The van der Waals surface area contributed by atoms with Crippen molar-refractivity contribution in [2.45, 2.75) is 12.3 Å². The third kappa shape index (κ3) is 4.27. The molecule has 0 fully saturated rings. The fourth-order valence-electron chi connectivity index (χ4n) is 3.48. The number of hydrogen-bond donors (Lipinski definition) is 1. The number of carbonyl (C=O) groups excluding carboxylic acids is 1. The minimum Gasteiger partial charge on any atom is -0.449 e. The molecule has 29 heavy (non-hydrogen) atoms. The van der Waals surface area contributed by atoms with Crippen molar-refractivity contribution in [2.75, 3.05) is 13.2 Å². The summed E-state index contributed by atoms with van der Waals surface area (Å²) in [6.07, 6.45) is 1.11. The van der Waals surface area contributed by atoms with Gasteiger partial charge in [0.1, 0.15) is 18.1 Å². The number of amides is 1. The number of alkyl carbamates (subject to hydrolysis) is 1. The summed E-state index contributed by atoms with van der Waals surface area (Å²) in [4.78, 5) is 15.9. The van der Waals surface area contributed by atoms with E-state index in [1.165, 1.54) is 34.4 Å². The Kier molecular flexibility index (Phi) is 5.53. The first-order chi connectivity index (χ1) is 14.2. The van der Waals surface area contributed by atoms with Crippen LogP contribution in [0.1, 0.15) is 29.2 Å². The fourth-order valence-corrected chi connectivity index (χ4v) is 3.48. The summed E-state index contributed by atoms with van der Waals surface area (Å²) < 4.78 is 18.3. The fraction of sp³-hybridized carbons (Fsp3) is 0.167. The highest BCUT2D eigenvalue weighted by Crippen LogP contribution is 2.44. The maximum Gasteiger partial charge on any atom is 0.407 e. The van der Waals surface area contributed by atoms with Gasteiger partial charge in [0.25, 0.3) is 0 Å². The smallest absolute Gasteiger partial charge is 0.407 e. The highest BCUT2D eigenvalue weighted by atomic mass is 19.1. The quantitative estimate of drug-likeness (QED) is 0.531. The molecule has 0 saturated carbocycles. The number of benzene rings is 2. The van der Waals surface area contributed by atoms with Gasteiger partial charge < -0.3 is 10.1 Å². The van der Waals surface area contributed by atoms with Crippen molar-refractivity contribution in [3.05, 3.63) is 89.5 Å². The molecule has 4 rings (SSSR count). The van der Waals surface area contributed by atoms with Gasteiger partial charge in [-0.2, -0.15) is 0 Å². The molecular weight excluding hydrogens is 367 g/mol.